The van der Waals surface area contributed by atoms with Crippen molar-refractivity contribution in [1.29, 1.82) is 0 Å². The molecule has 1 aromatic heterocycles. The van der Waals surface area contributed by atoms with Gasteiger partial charge in [0, 0.05) is 12.2 Å². The molecule has 1 atom stereocenters. The monoisotopic (exact) mass is 378 g/mol. The predicted octanol–water partition coefficient (Wildman–Crippen LogP) is 2.04. The van der Waals surface area contributed by atoms with Crippen LogP contribution in [-0.2, 0) is 15.6 Å². The summed E-state index contributed by atoms with van der Waals surface area (Å²) in [4.78, 5) is 4.25. The van der Waals surface area contributed by atoms with E-state index >= 15 is 0 Å². The quantitative estimate of drug-likeness (QED) is 0.582. The molecule has 0 radical (unpaired) electrons. The molecule has 0 aliphatic rings. The van der Waals surface area contributed by atoms with E-state index in [0.717, 1.165) is 27.3 Å². The number of nitrogens with one attached hydrogen (secondary N) is 1. The van der Waals surface area contributed by atoms with Crippen LogP contribution in [-0.4, -0.2) is 42.9 Å². The lowest BCUT2D eigenvalue weighted by molar-refractivity contribution is 0.105. The summed E-state index contributed by atoms with van der Waals surface area (Å²) in [6.45, 7) is -0.113. The number of nitrogens with zero attached hydrogens (tertiary/aromatic N) is 1. The SMILES string of the molecule is O=S(=O)(Cc1ccccc1)c1nc2ccc(NCC(O)CO)cc2s1. The molecular formula is C17H18N2O4S2. The van der Waals surface area contributed by atoms with Crippen LogP contribution in [0.15, 0.2) is 52.9 Å². The van der Waals surface area contributed by atoms with Crippen LogP contribution in [0.25, 0.3) is 10.2 Å². The van der Waals surface area contributed by atoms with E-state index in [0.29, 0.717) is 5.52 Å². The topological polar surface area (TPSA) is 99.5 Å². The molecule has 3 N–H and O–H groups in total. The molecule has 0 saturated heterocycles. The van der Waals surface area contributed by atoms with Crippen molar-refractivity contribution < 1.29 is 18.6 Å². The van der Waals surface area contributed by atoms with E-state index in [1.807, 2.05) is 18.2 Å². The molecule has 8 heteroatoms. The van der Waals surface area contributed by atoms with E-state index in [1.165, 1.54) is 0 Å². The predicted molar refractivity (Wildman–Crippen MR) is 98.5 cm³/mol. The number of fused-ring (bicyclic) bond motifs is 1. The van der Waals surface area contributed by atoms with Crippen LogP contribution in [0.2, 0.25) is 0 Å². The Kier molecular flexibility index (Phi) is 5.33. The van der Waals surface area contributed by atoms with Gasteiger partial charge in [-0.25, -0.2) is 13.4 Å². The number of aliphatic hydroxyl groups excluding tert-OH is 2. The van der Waals surface area contributed by atoms with Crippen molar-refractivity contribution in [1.82, 2.24) is 4.98 Å². The molecule has 3 rings (SSSR count). The standard InChI is InChI=1S/C17H18N2O4S2/c20-10-14(21)9-18-13-6-7-15-16(8-13)24-17(19-15)25(22,23)11-12-4-2-1-3-5-12/h1-8,14,18,20-21H,9-11H2. The van der Waals surface area contributed by atoms with Gasteiger partial charge in [0.05, 0.1) is 28.7 Å². The Hall–Kier alpha value is -2.00. The third-order valence-corrected chi connectivity index (χ3v) is 6.75. The number of aliphatic hydroxyl groups is 2. The number of hydrogen-bond acceptors (Lipinski definition) is 7. The molecule has 1 heterocycles. The lowest BCUT2D eigenvalue weighted by Gasteiger charge is -2.09. The number of aromatic nitrogens is 1. The minimum absolute atomic E-state index is 0.0819. The Balaban J connectivity index is 1.83. The minimum Gasteiger partial charge on any atom is -0.394 e. The molecule has 0 aliphatic carbocycles. The average molecular weight is 378 g/mol. The van der Waals surface area contributed by atoms with E-state index in [-0.39, 0.29) is 23.2 Å². The van der Waals surface area contributed by atoms with Crippen LogP contribution in [0.4, 0.5) is 5.69 Å². The number of thiazole rings is 1. The van der Waals surface area contributed by atoms with E-state index in [2.05, 4.69) is 10.3 Å². The lowest BCUT2D eigenvalue weighted by Crippen LogP contribution is -2.22. The van der Waals surface area contributed by atoms with Gasteiger partial charge in [-0.05, 0) is 23.8 Å². The molecule has 3 aromatic rings. The zero-order valence-electron chi connectivity index (χ0n) is 13.3. The van der Waals surface area contributed by atoms with Crippen LogP contribution in [0.3, 0.4) is 0 Å². The van der Waals surface area contributed by atoms with Gasteiger partial charge in [-0.1, -0.05) is 30.3 Å². The Morgan fingerprint density at radius 3 is 2.64 bits per heavy atom. The highest BCUT2D eigenvalue weighted by Gasteiger charge is 2.20. The molecular weight excluding hydrogens is 360 g/mol. The van der Waals surface area contributed by atoms with E-state index in [1.54, 1.807) is 30.3 Å². The van der Waals surface area contributed by atoms with Crippen molar-refractivity contribution in [2.45, 2.75) is 16.2 Å². The summed E-state index contributed by atoms with van der Waals surface area (Å²) < 4.78 is 26.0. The van der Waals surface area contributed by atoms with Gasteiger partial charge in [0.15, 0.2) is 0 Å². The highest BCUT2D eigenvalue weighted by atomic mass is 32.2. The first kappa shape index (κ1) is 17.8. The molecule has 6 nitrogen and oxygen atoms in total. The van der Waals surface area contributed by atoms with Gasteiger partial charge in [-0.2, -0.15) is 0 Å². The second kappa shape index (κ2) is 7.49. The van der Waals surface area contributed by atoms with E-state index < -0.39 is 15.9 Å². The molecule has 0 bridgehead atoms. The maximum absolute atomic E-state index is 12.6. The highest BCUT2D eigenvalue weighted by Crippen LogP contribution is 2.29. The molecule has 0 saturated carbocycles. The fourth-order valence-electron chi connectivity index (χ4n) is 2.30. The van der Waals surface area contributed by atoms with Crippen molar-refractivity contribution in [3.63, 3.8) is 0 Å². The maximum Gasteiger partial charge on any atom is 0.210 e. The van der Waals surface area contributed by atoms with Gasteiger partial charge in [0.25, 0.3) is 0 Å². The molecule has 1 unspecified atom stereocenters. The van der Waals surface area contributed by atoms with Crippen LogP contribution in [0, 0.1) is 0 Å². The lowest BCUT2D eigenvalue weighted by atomic mass is 10.2. The Morgan fingerprint density at radius 2 is 1.92 bits per heavy atom. The number of sulfone groups is 1. The van der Waals surface area contributed by atoms with Crippen LogP contribution in [0.1, 0.15) is 5.56 Å². The third kappa shape index (κ3) is 4.35. The smallest absolute Gasteiger partial charge is 0.210 e. The average Bonchev–Trinajstić information content (AvgIpc) is 3.04. The number of anilines is 1. The van der Waals surface area contributed by atoms with Gasteiger partial charge in [0.2, 0.25) is 14.2 Å². The van der Waals surface area contributed by atoms with Crippen LogP contribution < -0.4 is 5.32 Å². The van der Waals surface area contributed by atoms with Crippen LogP contribution >= 0.6 is 11.3 Å². The molecule has 0 amide bonds. The molecule has 132 valence electrons. The number of rotatable bonds is 7. The Labute approximate surface area is 149 Å². The molecule has 0 spiro atoms. The van der Waals surface area contributed by atoms with Gasteiger partial charge in [-0.3, -0.25) is 0 Å². The van der Waals surface area contributed by atoms with Crippen molar-refractivity contribution in [3.05, 3.63) is 54.1 Å². The van der Waals surface area contributed by atoms with Crippen molar-refractivity contribution in [3.8, 4) is 0 Å². The van der Waals surface area contributed by atoms with E-state index in [4.69, 9.17) is 5.11 Å². The summed E-state index contributed by atoms with van der Waals surface area (Å²) in [5.74, 6) is -0.0819. The Morgan fingerprint density at radius 1 is 1.16 bits per heavy atom. The fourth-order valence-corrected chi connectivity index (χ4v) is 4.98. The second-order valence-corrected chi connectivity index (χ2v) is 8.82. The highest BCUT2D eigenvalue weighted by molar-refractivity contribution is 7.92. The summed E-state index contributed by atoms with van der Waals surface area (Å²) in [6, 6.07) is 14.3. The second-order valence-electron chi connectivity index (χ2n) is 5.62. The van der Waals surface area contributed by atoms with Crippen LogP contribution in [0.5, 0.6) is 0 Å². The van der Waals surface area contributed by atoms with Gasteiger partial charge in [0.1, 0.15) is 0 Å². The first-order chi connectivity index (χ1) is 12.0. The summed E-state index contributed by atoms with van der Waals surface area (Å²) in [5, 5.41) is 21.2. The van der Waals surface area contributed by atoms with Crippen molar-refractivity contribution >= 4 is 37.1 Å². The summed E-state index contributed by atoms with van der Waals surface area (Å²) >= 11 is 1.13. The van der Waals surface area contributed by atoms with Gasteiger partial charge in [-0.15, -0.1) is 11.3 Å². The Bertz CT molecular complexity index is 955. The first-order valence-corrected chi connectivity index (χ1v) is 10.1. The number of benzene rings is 2. The van der Waals surface area contributed by atoms with Crippen molar-refractivity contribution in [2.75, 3.05) is 18.5 Å². The zero-order chi connectivity index (χ0) is 17.9. The molecule has 0 aliphatic heterocycles. The normalized spacial score (nSPS) is 13.0. The maximum atomic E-state index is 12.6. The summed E-state index contributed by atoms with van der Waals surface area (Å²) in [5.41, 5.74) is 2.07. The summed E-state index contributed by atoms with van der Waals surface area (Å²) in [6.07, 6.45) is -0.848. The van der Waals surface area contributed by atoms with Gasteiger partial charge >= 0.3 is 0 Å². The summed E-state index contributed by atoms with van der Waals surface area (Å²) in [7, 11) is -3.50. The third-order valence-electron chi connectivity index (χ3n) is 3.59. The fraction of sp³-hybridized carbons (Fsp3) is 0.235. The van der Waals surface area contributed by atoms with Gasteiger partial charge < -0.3 is 15.5 Å². The van der Waals surface area contributed by atoms with Crippen molar-refractivity contribution in [2.24, 2.45) is 0 Å². The first-order valence-electron chi connectivity index (χ1n) is 7.68. The molecule has 2 aromatic carbocycles. The zero-order valence-corrected chi connectivity index (χ0v) is 14.9. The molecule has 25 heavy (non-hydrogen) atoms. The minimum atomic E-state index is -3.50. The molecule has 0 fully saturated rings. The van der Waals surface area contributed by atoms with E-state index in [9.17, 15) is 13.5 Å². The largest absolute Gasteiger partial charge is 0.394 e. The number of hydrogen-bond donors (Lipinski definition) is 3.